The average Bonchev–Trinajstić information content (AvgIpc) is 2.61. The van der Waals surface area contributed by atoms with E-state index in [4.69, 9.17) is 4.74 Å². The molecular weight excluding hydrogens is 248 g/mol. The van der Waals surface area contributed by atoms with Crippen LogP contribution in [0.4, 0.5) is 0 Å². The van der Waals surface area contributed by atoms with Gasteiger partial charge in [0.15, 0.2) is 0 Å². The molecule has 0 aromatic rings. The lowest BCUT2D eigenvalue weighted by atomic mass is 9.98. The fraction of sp³-hybridized carbons (Fsp3) is 0.765. The molecule has 0 N–H and O–H groups in total. The molecular formula is C17H32OSi. The topological polar surface area (TPSA) is 9.23 Å². The molecule has 3 atom stereocenters. The highest BCUT2D eigenvalue weighted by atomic mass is 28.3. The van der Waals surface area contributed by atoms with E-state index in [9.17, 15) is 0 Å². The van der Waals surface area contributed by atoms with Crippen molar-refractivity contribution in [3.05, 3.63) is 23.8 Å². The third-order valence-corrected chi connectivity index (χ3v) is 5.18. The Bertz CT molecular complexity index is 321. The summed E-state index contributed by atoms with van der Waals surface area (Å²) in [5.41, 5.74) is 1.43. The predicted octanol–water partition coefficient (Wildman–Crippen LogP) is 5.42. The number of hydrogen-bond acceptors (Lipinski definition) is 1. The van der Waals surface area contributed by atoms with Crippen LogP contribution in [0.3, 0.4) is 0 Å². The van der Waals surface area contributed by atoms with E-state index in [0.717, 1.165) is 5.92 Å². The van der Waals surface area contributed by atoms with Gasteiger partial charge in [-0.05, 0) is 45.1 Å². The van der Waals surface area contributed by atoms with Gasteiger partial charge in [0.05, 0.1) is 12.2 Å². The Morgan fingerprint density at radius 2 is 1.84 bits per heavy atom. The van der Waals surface area contributed by atoms with Gasteiger partial charge in [0.2, 0.25) is 0 Å². The van der Waals surface area contributed by atoms with Crippen LogP contribution in [0.25, 0.3) is 0 Å². The second-order valence-corrected chi connectivity index (χ2v) is 13.1. The van der Waals surface area contributed by atoms with Crippen LogP contribution in [0.1, 0.15) is 40.0 Å². The van der Waals surface area contributed by atoms with Crippen LogP contribution >= 0.6 is 0 Å². The van der Waals surface area contributed by atoms with Gasteiger partial charge in [0.25, 0.3) is 0 Å². The van der Waals surface area contributed by atoms with Gasteiger partial charge in [-0.3, -0.25) is 0 Å². The minimum atomic E-state index is -1.01. The van der Waals surface area contributed by atoms with Crippen molar-refractivity contribution in [2.24, 2.45) is 5.92 Å². The van der Waals surface area contributed by atoms with E-state index in [0.29, 0.717) is 12.2 Å². The van der Waals surface area contributed by atoms with Crippen molar-refractivity contribution in [2.45, 2.75) is 77.9 Å². The highest BCUT2D eigenvalue weighted by Crippen LogP contribution is 2.26. The summed E-state index contributed by atoms with van der Waals surface area (Å²) in [5.74, 6) is 0.746. The first-order valence-corrected chi connectivity index (χ1v) is 11.4. The molecule has 1 rings (SSSR count). The molecule has 1 aliphatic heterocycles. The van der Waals surface area contributed by atoms with Gasteiger partial charge in [0.1, 0.15) is 0 Å². The van der Waals surface area contributed by atoms with Gasteiger partial charge in [-0.15, -0.1) is 0 Å². The second-order valence-electron chi connectivity index (χ2n) is 7.56. The molecule has 0 aromatic carbocycles. The molecule has 0 aliphatic carbocycles. The van der Waals surface area contributed by atoms with E-state index in [1.165, 1.54) is 30.9 Å². The Morgan fingerprint density at radius 1 is 1.21 bits per heavy atom. The van der Waals surface area contributed by atoms with E-state index in [-0.39, 0.29) is 0 Å². The maximum atomic E-state index is 6.14. The number of rotatable bonds is 7. The molecule has 1 aliphatic rings. The van der Waals surface area contributed by atoms with Crippen LogP contribution in [0.2, 0.25) is 25.7 Å². The summed E-state index contributed by atoms with van der Waals surface area (Å²) in [4.78, 5) is 0. The zero-order chi connectivity index (χ0) is 14.5. The number of allylic oxidation sites excluding steroid dienone is 2. The SMILES string of the molecule is CC(C)=CCCC(C)CC1C=CC(C[Si](C)(C)C)O1. The molecule has 3 unspecified atom stereocenters. The molecule has 110 valence electrons. The van der Waals surface area contributed by atoms with Crippen molar-refractivity contribution in [3.63, 3.8) is 0 Å². The summed E-state index contributed by atoms with van der Waals surface area (Å²) in [6.07, 6.45) is 11.3. The Balaban J connectivity index is 2.25. The maximum Gasteiger partial charge on any atom is 0.0767 e. The van der Waals surface area contributed by atoms with E-state index >= 15 is 0 Å². The zero-order valence-electron chi connectivity index (χ0n) is 13.7. The molecule has 1 nitrogen and oxygen atoms in total. The summed E-state index contributed by atoms with van der Waals surface area (Å²) in [6, 6.07) is 1.26. The Morgan fingerprint density at radius 3 is 2.42 bits per heavy atom. The first-order valence-electron chi connectivity index (χ1n) is 7.73. The normalized spacial score (nSPS) is 24.5. The van der Waals surface area contributed by atoms with Gasteiger partial charge < -0.3 is 4.74 Å². The highest BCUT2D eigenvalue weighted by molar-refractivity contribution is 6.76. The minimum Gasteiger partial charge on any atom is -0.367 e. The van der Waals surface area contributed by atoms with Crippen LogP contribution in [0, 0.1) is 5.92 Å². The van der Waals surface area contributed by atoms with Gasteiger partial charge in [-0.2, -0.15) is 0 Å². The minimum absolute atomic E-state index is 0.364. The van der Waals surface area contributed by atoms with Gasteiger partial charge >= 0.3 is 0 Å². The summed E-state index contributed by atoms with van der Waals surface area (Å²) in [6.45, 7) is 13.9. The average molecular weight is 281 g/mol. The molecule has 0 fully saturated rings. The quantitative estimate of drug-likeness (QED) is 0.447. The summed E-state index contributed by atoms with van der Waals surface area (Å²) in [5, 5.41) is 0. The molecule has 0 aromatic heterocycles. The Labute approximate surface area is 121 Å². The lowest BCUT2D eigenvalue weighted by Gasteiger charge is -2.22. The zero-order valence-corrected chi connectivity index (χ0v) is 14.7. The molecule has 19 heavy (non-hydrogen) atoms. The standard InChI is InChI=1S/C17H32OSi/c1-14(2)8-7-9-15(3)12-16-10-11-17(18-16)13-19(4,5)6/h8,10-11,15-17H,7,9,12-13H2,1-6H3. The van der Waals surface area contributed by atoms with Crippen LogP contribution in [0.5, 0.6) is 0 Å². The third kappa shape index (κ3) is 7.73. The summed E-state index contributed by atoms with van der Waals surface area (Å²) in [7, 11) is -1.01. The second kappa shape index (κ2) is 7.44. The van der Waals surface area contributed by atoms with Crippen molar-refractivity contribution in [2.75, 3.05) is 0 Å². The first kappa shape index (κ1) is 16.7. The largest absolute Gasteiger partial charge is 0.367 e. The van der Waals surface area contributed by atoms with Crippen molar-refractivity contribution in [3.8, 4) is 0 Å². The lowest BCUT2D eigenvalue weighted by Crippen LogP contribution is -2.27. The predicted molar refractivity (Wildman–Crippen MR) is 88.4 cm³/mol. The Kier molecular flexibility index (Phi) is 6.55. The van der Waals surface area contributed by atoms with E-state index in [1.54, 1.807) is 0 Å². The molecule has 0 bridgehead atoms. The van der Waals surface area contributed by atoms with Crippen LogP contribution in [-0.2, 0) is 4.74 Å². The fourth-order valence-corrected chi connectivity index (χ4v) is 4.03. The van der Waals surface area contributed by atoms with Gasteiger partial charge in [-0.25, -0.2) is 0 Å². The van der Waals surface area contributed by atoms with Crippen LogP contribution in [0.15, 0.2) is 23.8 Å². The molecule has 0 amide bonds. The van der Waals surface area contributed by atoms with Crippen molar-refractivity contribution in [1.29, 1.82) is 0 Å². The molecule has 2 heteroatoms. The summed E-state index contributed by atoms with van der Waals surface area (Å²) < 4.78 is 6.14. The van der Waals surface area contributed by atoms with Gasteiger partial charge in [-0.1, -0.05) is 50.4 Å². The third-order valence-electron chi connectivity index (χ3n) is 3.55. The first-order chi connectivity index (χ1) is 8.76. The lowest BCUT2D eigenvalue weighted by molar-refractivity contribution is 0.0563. The molecule has 0 radical (unpaired) electrons. The van der Waals surface area contributed by atoms with E-state index in [2.05, 4.69) is 58.6 Å². The summed E-state index contributed by atoms with van der Waals surface area (Å²) >= 11 is 0. The van der Waals surface area contributed by atoms with Crippen molar-refractivity contribution < 1.29 is 4.74 Å². The van der Waals surface area contributed by atoms with E-state index < -0.39 is 8.07 Å². The van der Waals surface area contributed by atoms with Crippen LogP contribution in [-0.4, -0.2) is 20.3 Å². The van der Waals surface area contributed by atoms with Crippen molar-refractivity contribution in [1.82, 2.24) is 0 Å². The molecule has 0 saturated carbocycles. The Hall–Kier alpha value is -0.343. The molecule has 0 saturated heterocycles. The molecule has 1 heterocycles. The maximum absolute atomic E-state index is 6.14. The number of hydrogen-bond donors (Lipinski definition) is 0. The smallest absolute Gasteiger partial charge is 0.0767 e. The van der Waals surface area contributed by atoms with Gasteiger partial charge in [0, 0.05) is 8.07 Å². The van der Waals surface area contributed by atoms with E-state index in [1.807, 2.05) is 0 Å². The number of ether oxygens (including phenoxy) is 1. The van der Waals surface area contributed by atoms with Crippen LogP contribution < -0.4 is 0 Å². The van der Waals surface area contributed by atoms with Crippen molar-refractivity contribution >= 4 is 8.07 Å². The monoisotopic (exact) mass is 280 g/mol. The fourth-order valence-electron chi connectivity index (χ4n) is 2.59. The highest BCUT2D eigenvalue weighted by Gasteiger charge is 2.25. The molecule has 0 spiro atoms.